The van der Waals surface area contributed by atoms with Gasteiger partial charge in [0.25, 0.3) is 0 Å². The average molecular weight is 206 g/mol. The van der Waals surface area contributed by atoms with Crippen LogP contribution in [0, 0.1) is 0 Å². The Morgan fingerprint density at radius 2 is 2.50 bits per heavy atom. The Labute approximate surface area is 67.2 Å². The zero-order valence-corrected chi connectivity index (χ0v) is 7.09. The molecule has 0 aliphatic heterocycles. The Balaban J connectivity index is 2.74. The van der Waals surface area contributed by atoms with E-state index in [1.54, 1.807) is 6.26 Å². The molecule has 0 radical (unpaired) electrons. The molecule has 1 aromatic rings. The van der Waals surface area contributed by atoms with Gasteiger partial charge < -0.3 is 4.42 Å². The van der Waals surface area contributed by atoms with Gasteiger partial charge >= 0.3 is 0 Å². The molecule has 0 aliphatic rings. The van der Waals surface area contributed by atoms with Crippen molar-refractivity contribution in [2.24, 2.45) is 5.90 Å². The summed E-state index contributed by atoms with van der Waals surface area (Å²) in [5.41, 5.74) is 0. The maximum Gasteiger partial charge on any atom is 0.135 e. The number of furan rings is 1. The highest BCUT2D eigenvalue weighted by Gasteiger charge is 2.07. The van der Waals surface area contributed by atoms with Crippen LogP contribution in [0.5, 0.6) is 0 Å². The summed E-state index contributed by atoms with van der Waals surface area (Å²) in [6.07, 6.45) is 1.40. The normalized spacial score (nSPS) is 13.5. The molecule has 1 atom stereocenters. The predicted octanol–water partition coefficient (Wildman–Crippen LogP) is 1.99. The summed E-state index contributed by atoms with van der Waals surface area (Å²) in [5, 5.41) is 0. The Morgan fingerprint density at radius 3 is 2.90 bits per heavy atom. The summed E-state index contributed by atoms with van der Waals surface area (Å²) >= 11 is 3.24. The molecule has 0 aromatic carbocycles. The first-order chi connectivity index (χ1) is 4.74. The third-order valence-corrected chi connectivity index (χ3v) is 1.61. The highest BCUT2D eigenvalue weighted by atomic mass is 79.9. The minimum atomic E-state index is -0.189. The molecule has 0 fully saturated rings. The molecule has 2 N–H and O–H groups in total. The van der Waals surface area contributed by atoms with Crippen molar-refractivity contribution < 1.29 is 9.25 Å². The van der Waals surface area contributed by atoms with Crippen molar-refractivity contribution in [2.45, 2.75) is 13.0 Å². The number of rotatable bonds is 2. The Bertz CT molecular complexity index is 211. The van der Waals surface area contributed by atoms with Crippen LogP contribution in [0.25, 0.3) is 0 Å². The summed E-state index contributed by atoms with van der Waals surface area (Å²) in [4.78, 5) is 4.53. The SMILES string of the molecule is CC(ON)c1cc(Br)co1. The zero-order chi connectivity index (χ0) is 7.56. The van der Waals surface area contributed by atoms with E-state index in [1.165, 1.54) is 0 Å². The first-order valence-electron chi connectivity index (χ1n) is 2.83. The van der Waals surface area contributed by atoms with E-state index in [-0.39, 0.29) is 6.10 Å². The fourth-order valence-electron chi connectivity index (χ4n) is 0.609. The molecule has 4 heteroatoms. The maximum absolute atomic E-state index is 5.07. The number of halogens is 1. The molecule has 1 rings (SSSR count). The highest BCUT2D eigenvalue weighted by Crippen LogP contribution is 2.20. The van der Waals surface area contributed by atoms with Gasteiger partial charge in [0.2, 0.25) is 0 Å². The molecule has 0 amide bonds. The minimum absolute atomic E-state index is 0.189. The first kappa shape index (κ1) is 7.78. The first-order valence-corrected chi connectivity index (χ1v) is 3.63. The molecule has 1 unspecified atom stereocenters. The molecular formula is C6H8BrNO2. The summed E-state index contributed by atoms with van der Waals surface area (Å²) in [5.74, 6) is 5.66. The lowest BCUT2D eigenvalue weighted by Gasteiger charge is -2.02. The van der Waals surface area contributed by atoms with Crippen LogP contribution in [-0.2, 0) is 4.84 Å². The standard InChI is InChI=1S/C6H8BrNO2/c1-4(10-8)6-2-5(7)3-9-6/h2-4H,8H2,1H3. The fourth-order valence-corrected chi connectivity index (χ4v) is 0.928. The summed E-state index contributed by atoms with van der Waals surface area (Å²) in [6.45, 7) is 1.81. The molecular weight excluding hydrogens is 198 g/mol. The molecule has 1 heterocycles. The van der Waals surface area contributed by atoms with E-state index >= 15 is 0 Å². The molecule has 0 aliphatic carbocycles. The van der Waals surface area contributed by atoms with Gasteiger partial charge in [0.15, 0.2) is 0 Å². The van der Waals surface area contributed by atoms with Gasteiger partial charge in [-0.2, -0.15) is 0 Å². The summed E-state index contributed by atoms with van der Waals surface area (Å²) in [7, 11) is 0. The molecule has 56 valence electrons. The van der Waals surface area contributed by atoms with Gasteiger partial charge in [0, 0.05) is 0 Å². The number of nitrogens with two attached hydrogens (primary N) is 1. The second kappa shape index (κ2) is 3.18. The molecule has 3 nitrogen and oxygen atoms in total. The van der Waals surface area contributed by atoms with Crippen LogP contribution in [0.15, 0.2) is 21.2 Å². The third kappa shape index (κ3) is 1.59. The zero-order valence-electron chi connectivity index (χ0n) is 5.50. The smallest absolute Gasteiger partial charge is 0.135 e. The lowest BCUT2D eigenvalue weighted by molar-refractivity contribution is 0.0508. The second-order valence-corrected chi connectivity index (χ2v) is 2.86. The summed E-state index contributed by atoms with van der Waals surface area (Å²) < 4.78 is 5.96. The third-order valence-electron chi connectivity index (χ3n) is 1.19. The van der Waals surface area contributed by atoms with E-state index < -0.39 is 0 Å². The van der Waals surface area contributed by atoms with E-state index in [4.69, 9.17) is 10.3 Å². The van der Waals surface area contributed by atoms with Gasteiger partial charge in [-0.3, -0.25) is 4.84 Å². The van der Waals surface area contributed by atoms with Crippen LogP contribution in [-0.4, -0.2) is 0 Å². The van der Waals surface area contributed by atoms with E-state index in [0.29, 0.717) is 0 Å². The van der Waals surface area contributed by atoms with Crippen LogP contribution >= 0.6 is 15.9 Å². The number of hydrogen-bond acceptors (Lipinski definition) is 3. The summed E-state index contributed by atoms with van der Waals surface area (Å²) in [6, 6.07) is 1.82. The van der Waals surface area contributed by atoms with Crippen molar-refractivity contribution in [1.82, 2.24) is 0 Å². The lowest BCUT2D eigenvalue weighted by atomic mass is 10.3. The van der Waals surface area contributed by atoms with Gasteiger partial charge in [0.05, 0.1) is 4.47 Å². The van der Waals surface area contributed by atoms with E-state index in [1.807, 2.05) is 13.0 Å². The van der Waals surface area contributed by atoms with Crippen LogP contribution in [0.4, 0.5) is 0 Å². The van der Waals surface area contributed by atoms with Gasteiger partial charge in [0.1, 0.15) is 18.1 Å². The average Bonchev–Trinajstić information content (AvgIpc) is 2.34. The Kier molecular flexibility index (Phi) is 2.48. The molecule has 0 saturated heterocycles. The maximum atomic E-state index is 5.07. The lowest BCUT2D eigenvalue weighted by Crippen LogP contribution is -2.03. The van der Waals surface area contributed by atoms with Gasteiger partial charge in [-0.1, -0.05) is 0 Å². The fraction of sp³-hybridized carbons (Fsp3) is 0.333. The van der Waals surface area contributed by atoms with Crippen molar-refractivity contribution in [3.63, 3.8) is 0 Å². The van der Waals surface area contributed by atoms with E-state index in [2.05, 4.69) is 20.8 Å². The van der Waals surface area contributed by atoms with Crippen LogP contribution < -0.4 is 5.90 Å². The highest BCUT2D eigenvalue weighted by molar-refractivity contribution is 9.10. The topological polar surface area (TPSA) is 48.4 Å². The Morgan fingerprint density at radius 1 is 1.80 bits per heavy atom. The van der Waals surface area contributed by atoms with E-state index in [9.17, 15) is 0 Å². The molecule has 0 bridgehead atoms. The van der Waals surface area contributed by atoms with Gasteiger partial charge in [-0.05, 0) is 28.9 Å². The molecule has 0 spiro atoms. The monoisotopic (exact) mass is 205 g/mol. The Hall–Kier alpha value is -0.320. The van der Waals surface area contributed by atoms with Crippen molar-refractivity contribution in [3.8, 4) is 0 Å². The van der Waals surface area contributed by atoms with Crippen molar-refractivity contribution in [1.29, 1.82) is 0 Å². The molecule has 10 heavy (non-hydrogen) atoms. The van der Waals surface area contributed by atoms with Crippen LogP contribution in [0.1, 0.15) is 18.8 Å². The van der Waals surface area contributed by atoms with Gasteiger partial charge in [-0.15, -0.1) is 0 Å². The number of hydrogen-bond donors (Lipinski definition) is 1. The van der Waals surface area contributed by atoms with Gasteiger partial charge in [-0.25, -0.2) is 5.90 Å². The quantitative estimate of drug-likeness (QED) is 0.752. The largest absolute Gasteiger partial charge is 0.465 e. The van der Waals surface area contributed by atoms with Crippen molar-refractivity contribution >= 4 is 15.9 Å². The molecule has 1 aromatic heterocycles. The minimum Gasteiger partial charge on any atom is -0.465 e. The van der Waals surface area contributed by atoms with Crippen molar-refractivity contribution in [2.75, 3.05) is 0 Å². The second-order valence-electron chi connectivity index (χ2n) is 1.95. The predicted molar refractivity (Wildman–Crippen MR) is 40.1 cm³/mol. The van der Waals surface area contributed by atoms with E-state index in [0.717, 1.165) is 10.2 Å². The van der Waals surface area contributed by atoms with Crippen molar-refractivity contribution in [3.05, 3.63) is 22.6 Å². The molecule has 0 saturated carbocycles. The van der Waals surface area contributed by atoms with Crippen LogP contribution in [0.3, 0.4) is 0 Å². The van der Waals surface area contributed by atoms with Crippen LogP contribution in [0.2, 0.25) is 0 Å².